The zero-order valence-electron chi connectivity index (χ0n) is 12.2. The number of aromatic nitrogens is 1. The molecule has 4 heteroatoms. The van der Waals surface area contributed by atoms with Gasteiger partial charge in [0.15, 0.2) is 5.13 Å². The molecule has 0 spiro atoms. The average Bonchev–Trinajstić information content (AvgIpc) is 2.81. The average molecular weight is 287 g/mol. The minimum absolute atomic E-state index is 1.06. The number of piperazine rings is 1. The van der Waals surface area contributed by atoms with Gasteiger partial charge in [-0.25, -0.2) is 4.98 Å². The number of aryl methyl sites for hydroxylation is 2. The first-order valence-electron chi connectivity index (χ1n) is 7.17. The largest absolute Gasteiger partial charge is 0.346 e. The number of hydrogen-bond donors (Lipinski definition) is 0. The van der Waals surface area contributed by atoms with Crippen LogP contribution in [0, 0.1) is 13.8 Å². The first kappa shape index (κ1) is 13.6. The van der Waals surface area contributed by atoms with Crippen molar-refractivity contribution in [2.45, 2.75) is 20.4 Å². The highest BCUT2D eigenvalue weighted by Gasteiger charge is 2.19. The molecular weight excluding hydrogens is 266 g/mol. The van der Waals surface area contributed by atoms with Gasteiger partial charge in [-0.2, -0.15) is 0 Å². The summed E-state index contributed by atoms with van der Waals surface area (Å²) in [4.78, 5) is 11.0. The second-order valence-corrected chi connectivity index (χ2v) is 6.57. The number of rotatable bonds is 3. The van der Waals surface area contributed by atoms with Crippen LogP contribution in [0.2, 0.25) is 0 Å². The standard InChI is InChI=1S/C16H21N3S/c1-13-14(2)20-16(17-13)19-10-8-18(9-11-19)12-15-6-4-3-5-7-15/h3-7H,8-12H2,1-2H3. The molecule has 0 saturated carbocycles. The van der Waals surface area contributed by atoms with Crippen LogP contribution < -0.4 is 4.90 Å². The van der Waals surface area contributed by atoms with Crippen molar-refractivity contribution in [2.24, 2.45) is 0 Å². The van der Waals surface area contributed by atoms with Crippen LogP contribution >= 0.6 is 11.3 Å². The Labute approximate surface area is 124 Å². The Morgan fingerprint density at radius 1 is 1.05 bits per heavy atom. The molecule has 1 aromatic heterocycles. The van der Waals surface area contributed by atoms with Gasteiger partial charge in [0.25, 0.3) is 0 Å². The summed E-state index contributed by atoms with van der Waals surface area (Å²) in [6, 6.07) is 10.7. The van der Waals surface area contributed by atoms with Crippen molar-refractivity contribution in [3.05, 3.63) is 46.5 Å². The predicted octanol–water partition coefficient (Wildman–Crippen LogP) is 3.08. The summed E-state index contributed by atoms with van der Waals surface area (Å²) in [6.07, 6.45) is 0. The molecule has 1 aliphatic rings. The van der Waals surface area contributed by atoms with E-state index in [1.54, 1.807) is 0 Å². The lowest BCUT2D eigenvalue weighted by molar-refractivity contribution is 0.250. The predicted molar refractivity (Wildman–Crippen MR) is 85.5 cm³/mol. The normalized spacial score (nSPS) is 16.6. The van der Waals surface area contributed by atoms with Crippen LogP contribution in [0.5, 0.6) is 0 Å². The lowest BCUT2D eigenvalue weighted by Crippen LogP contribution is -2.45. The molecular formula is C16H21N3S. The summed E-state index contributed by atoms with van der Waals surface area (Å²) in [5.41, 5.74) is 2.58. The van der Waals surface area contributed by atoms with E-state index >= 15 is 0 Å². The van der Waals surface area contributed by atoms with Gasteiger partial charge in [0.05, 0.1) is 5.69 Å². The van der Waals surface area contributed by atoms with Crippen molar-refractivity contribution in [3.63, 3.8) is 0 Å². The number of nitrogens with zero attached hydrogens (tertiary/aromatic N) is 3. The van der Waals surface area contributed by atoms with Crippen molar-refractivity contribution in [1.29, 1.82) is 0 Å². The fourth-order valence-corrected chi connectivity index (χ4v) is 3.49. The van der Waals surface area contributed by atoms with Crippen LogP contribution in [0.15, 0.2) is 30.3 Å². The summed E-state index contributed by atoms with van der Waals surface area (Å²) in [7, 11) is 0. The van der Waals surface area contributed by atoms with E-state index in [1.807, 2.05) is 11.3 Å². The van der Waals surface area contributed by atoms with Crippen molar-refractivity contribution < 1.29 is 0 Å². The maximum absolute atomic E-state index is 4.67. The highest BCUT2D eigenvalue weighted by atomic mass is 32.1. The Morgan fingerprint density at radius 2 is 1.75 bits per heavy atom. The molecule has 1 saturated heterocycles. The third-order valence-electron chi connectivity index (χ3n) is 3.91. The maximum Gasteiger partial charge on any atom is 0.185 e. The Hall–Kier alpha value is -1.39. The van der Waals surface area contributed by atoms with Crippen molar-refractivity contribution in [1.82, 2.24) is 9.88 Å². The Balaban J connectivity index is 1.57. The molecule has 0 aliphatic carbocycles. The SMILES string of the molecule is Cc1nc(N2CCN(Cc3ccccc3)CC2)sc1C. The Morgan fingerprint density at radius 3 is 2.35 bits per heavy atom. The molecule has 0 atom stereocenters. The third-order valence-corrected chi connectivity index (χ3v) is 5.04. The summed E-state index contributed by atoms with van der Waals surface area (Å²) in [6.45, 7) is 9.71. The number of benzene rings is 1. The molecule has 2 heterocycles. The number of thiazole rings is 1. The van der Waals surface area contributed by atoms with Crippen molar-refractivity contribution in [3.8, 4) is 0 Å². The van der Waals surface area contributed by atoms with Gasteiger partial charge in [-0.3, -0.25) is 4.90 Å². The number of hydrogen-bond acceptors (Lipinski definition) is 4. The lowest BCUT2D eigenvalue weighted by Gasteiger charge is -2.34. The van der Waals surface area contributed by atoms with E-state index in [-0.39, 0.29) is 0 Å². The van der Waals surface area contributed by atoms with E-state index < -0.39 is 0 Å². The molecule has 3 rings (SSSR count). The van der Waals surface area contributed by atoms with Crippen LogP contribution in [0.4, 0.5) is 5.13 Å². The molecule has 2 aromatic rings. The quantitative estimate of drug-likeness (QED) is 0.865. The molecule has 1 fully saturated rings. The van der Waals surface area contributed by atoms with Gasteiger partial charge in [-0.1, -0.05) is 30.3 Å². The van der Waals surface area contributed by atoms with E-state index in [0.717, 1.165) is 32.7 Å². The second-order valence-electron chi connectivity index (χ2n) is 5.39. The molecule has 0 amide bonds. The molecule has 0 bridgehead atoms. The van der Waals surface area contributed by atoms with Crippen LogP contribution in [0.25, 0.3) is 0 Å². The Kier molecular flexibility index (Phi) is 4.03. The fourth-order valence-electron chi connectivity index (χ4n) is 2.53. The maximum atomic E-state index is 4.67. The summed E-state index contributed by atoms with van der Waals surface area (Å²) in [5.74, 6) is 0. The van der Waals surface area contributed by atoms with Crippen LogP contribution in [0.3, 0.4) is 0 Å². The summed E-state index contributed by atoms with van der Waals surface area (Å²) < 4.78 is 0. The lowest BCUT2D eigenvalue weighted by atomic mass is 10.2. The third kappa shape index (κ3) is 3.02. The van der Waals surface area contributed by atoms with Crippen LogP contribution in [-0.4, -0.2) is 36.1 Å². The summed E-state index contributed by atoms with van der Waals surface area (Å²) in [5, 5.41) is 1.19. The molecule has 1 aromatic carbocycles. The van der Waals surface area contributed by atoms with E-state index in [4.69, 9.17) is 0 Å². The molecule has 1 aliphatic heterocycles. The van der Waals surface area contributed by atoms with Gasteiger partial charge in [-0.15, -0.1) is 11.3 Å². The van der Waals surface area contributed by atoms with Gasteiger partial charge >= 0.3 is 0 Å². The van der Waals surface area contributed by atoms with Gasteiger partial charge in [-0.05, 0) is 19.4 Å². The van der Waals surface area contributed by atoms with E-state index in [1.165, 1.54) is 21.3 Å². The molecule has 106 valence electrons. The fraction of sp³-hybridized carbons (Fsp3) is 0.438. The molecule has 0 radical (unpaired) electrons. The monoisotopic (exact) mass is 287 g/mol. The van der Waals surface area contributed by atoms with E-state index in [9.17, 15) is 0 Å². The smallest absolute Gasteiger partial charge is 0.185 e. The number of anilines is 1. The topological polar surface area (TPSA) is 19.4 Å². The van der Waals surface area contributed by atoms with E-state index in [2.05, 4.69) is 59.0 Å². The zero-order chi connectivity index (χ0) is 13.9. The van der Waals surface area contributed by atoms with E-state index in [0.29, 0.717) is 0 Å². The van der Waals surface area contributed by atoms with Gasteiger partial charge in [0.1, 0.15) is 0 Å². The van der Waals surface area contributed by atoms with Crippen molar-refractivity contribution >= 4 is 16.5 Å². The second kappa shape index (κ2) is 5.94. The first-order chi connectivity index (χ1) is 9.72. The Bertz CT molecular complexity index is 537. The minimum atomic E-state index is 1.06. The zero-order valence-corrected chi connectivity index (χ0v) is 13.0. The van der Waals surface area contributed by atoms with Gasteiger partial charge in [0, 0.05) is 37.6 Å². The van der Waals surface area contributed by atoms with Crippen LogP contribution in [0.1, 0.15) is 16.1 Å². The minimum Gasteiger partial charge on any atom is -0.346 e. The molecule has 20 heavy (non-hydrogen) atoms. The highest BCUT2D eigenvalue weighted by Crippen LogP contribution is 2.26. The van der Waals surface area contributed by atoms with Gasteiger partial charge < -0.3 is 4.90 Å². The van der Waals surface area contributed by atoms with Crippen molar-refractivity contribution in [2.75, 3.05) is 31.1 Å². The molecule has 0 unspecified atom stereocenters. The molecule has 0 N–H and O–H groups in total. The summed E-state index contributed by atoms with van der Waals surface area (Å²) >= 11 is 1.82. The first-order valence-corrected chi connectivity index (χ1v) is 7.99. The van der Waals surface area contributed by atoms with Gasteiger partial charge in [0.2, 0.25) is 0 Å². The highest BCUT2D eigenvalue weighted by molar-refractivity contribution is 7.15. The van der Waals surface area contributed by atoms with Crippen LogP contribution in [-0.2, 0) is 6.54 Å². The molecule has 3 nitrogen and oxygen atoms in total.